The molecule has 6 rings (SSSR count). The van der Waals surface area contributed by atoms with Crippen LogP contribution in [0.25, 0.3) is 10.6 Å². The minimum absolute atomic E-state index is 0.275. The summed E-state index contributed by atoms with van der Waals surface area (Å²) >= 11 is 1.21. The number of hydrogen-bond acceptors (Lipinski definition) is 11. The maximum atomic E-state index is 13.5. The van der Waals surface area contributed by atoms with Crippen LogP contribution in [0.15, 0.2) is 36.9 Å². The number of amides is 1. The number of ether oxygens (including phenoxy) is 2. The standard InChI is InChI=1S/C26H31N7O5S2/c1-2-38-24-12-27-10-21(30-24)23-11-29-26(39-23)25(34)31-22(13-33-17-3-4-18(33)15-37-14-17)20-9-16(7-8-28-20)32-40(35,36)19-5-6-19/h7-12,17-19,22H,2-6,13-15H2,1H3,(H,28,32)(H,31,34)/t17-,18+,22-/m0/s1. The largest absolute Gasteiger partial charge is 0.477 e. The molecule has 0 aromatic carbocycles. The van der Waals surface area contributed by atoms with E-state index in [1.165, 1.54) is 17.5 Å². The van der Waals surface area contributed by atoms with Gasteiger partial charge in [-0.2, -0.15) is 0 Å². The fourth-order valence-electron chi connectivity index (χ4n) is 5.16. The van der Waals surface area contributed by atoms with Gasteiger partial charge < -0.3 is 14.8 Å². The summed E-state index contributed by atoms with van der Waals surface area (Å²) in [6, 6.07) is 3.39. The normalized spacial score (nSPS) is 21.6. The minimum Gasteiger partial charge on any atom is -0.477 e. The molecule has 3 fully saturated rings. The van der Waals surface area contributed by atoms with E-state index in [0.717, 1.165) is 12.8 Å². The number of thiazole rings is 1. The van der Waals surface area contributed by atoms with Gasteiger partial charge in [-0.1, -0.05) is 0 Å². The molecular formula is C26H31N7O5S2. The second-order valence-corrected chi connectivity index (χ2v) is 13.2. The number of carbonyl (C=O) groups excluding carboxylic acids is 1. The average Bonchev–Trinajstić information content (AvgIpc) is 3.66. The second-order valence-electron chi connectivity index (χ2n) is 10.2. The fourth-order valence-corrected chi connectivity index (χ4v) is 7.32. The van der Waals surface area contributed by atoms with Gasteiger partial charge in [0.2, 0.25) is 15.9 Å². The van der Waals surface area contributed by atoms with Crippen LogP contribution in [0, 0.1) is 0 Å². The van der Waals surface area contributed by atoms with Gasteiger partial charge in [0.1, 0.15) is 5.69 Å². The zero-order valence-electron chi connectivity index (χ0n) is 22.0. The molecule has 3 atom stereocenters. The summed E-state index contributed by atoms with van der Waals surface area (Å²) in [6.45, 7) is 4.18. The number of anilines is 1. The zero-order chi connectivity index (χ0) is 27.7. The number of nitrogens with one attached hydrogen (secondary N) is 2. The summed E-state index contributed by atoms with van der Waals surface area (Å²) in [5.41, 5.74) is 1.58. The highest BCUT2D eigenvalue weighted by molar-refractivity contribution is 7.93. The molecule has 12 nitrogen and oxygen atoms in total. The molecular weight excluding hydrogens is 554 g/mol. The molecule has 40 heavy (non-hydrogen) atoms. The Bertz CT molecular complexity index is 1460. The smallest absolute Gasteiger partial charge is 0.280 e. The van der Waals surface area contributed by atoms with E-state index in [9.17, 15) is 13.2 Å². The van der Waals surface area contributed by atoms with Gasteiger partial charge >= 0.3 is 0 Å². The maximum Gasteiger partial charge on any atom is 0.280 e. The van der Waals surface area contributed by atoms with Crippen molar-refractivity contribution in [2.24, 2.45) is 0 Å². The Balaban J connectivity index is 1.24. The van der Waals surface area contributed by atoms with Crippen molar-refractivity contribution in [1.29, 1.82) is 0 Å². The van der Waals surface area contributed by atoms with Crippen molar-refractivity contribution >= 4 is 33.0 Å². The summed E-state index contributed by atoms with van der Waals surface area (Å²) < 4.78 is 39.0. The lowest BCUT2D eigenvalue weighted by Crippen LogP contribution is -2.49. The molecule has 2 N–H and O–H groups in total. The van der Waals surface area contributed by atoms with Crippen LogP contribution in [0.2, 0.25) is 0 Å². The molecule has 3 aliphatic rings. The molecule has 2 bridgehead atoms. The Labute approximate surface area is 236 Å². The molecule has 14 heteroatoms. The number of hydrogen-bond donors (Lipinski definition) is 2. The third-order valence-corrected chi connectivity index (χ3v) is 10.2. The van der Waals surface area contributed by atoms with Crippen LogP contribution >= 0.6 is 11.3 Å². The van der Waals surface area contributed by atoms with E-state index in [1.54, 1.807) is 30.7 Å². The van der Waals surface area contributed by atoms with Crippen molar-refractivity contribution in [2.75, 3.05) is 31.1 Å². The van der Waals surface area contributed by atoms with Crippen LogP contribution in [0.1, 0.15) is 54.1 Å². The number of morpholine rings is 1. The van der Waals surface area contributed by atoms with Crippen molar-refractivity contribution in [3.05, 3.63) is 47.6 Å². The van der Waals surface area contributed by atoms with E-state index in [1.807, 2.05) is 6.92 Å². The first-order chi connectivity index (χ1) is 19.4. The summed E-state index contributed by atoms with van der Waals surface area (Å²) in [4.78, 5) is 34.0. The Morgan fingerprint density at radius 1 is 1.18 bits per heavy atom. The highest BCUT2D eigenvalue weighted by atomic mass is 32.2. The number of rotatable bonds is 11. The van der Waals surface area contributed by atoms with Crippen molar-refractivity contribution in [3.8, 4) is 16.5 Å². The number of fused-ring (bicyclic) bond motifs is 2. The lowest BCUT2D eigenvalue weighted by atomic mass is 10.1. The van der Waals surface area contributed by atoms with Crippen LogP contribution in [-0.4, -0.2) is 82.9 Å². The average molecular weight is 586 g/mol. The molecule has 212 valence electrons. The molecule has 2 saturated heterocycles. The van der Waals surface area contributed by atoms with Crippen LogP contribution in [-0.2, 0) is 14.8 Å². The van der Waals surface area contributed by atoms with Crippen LogP contribution in [0.3, 0.4) is 0 Å². The predicted molar refractivity (Wildman–Crippen MR) is 149 cm³/mol. The van der Waals surface area contributed by atoms with Gasteiger partial charge in [0.15, 0.2) is 5.01 Å². The molecule has 0 unspecified atom stereocenters. The van der Waals surface area contributed by atoms with Gasteiger partial charge in [-0.3, -0.25) is 24.4 Å². The van der Waals surface area contributed by atoms with Crippen LogP contribution in [0.4, 0.5) is 5.69 Å². The summed E-state index contributed by atoms with van der Waals surface area (Å²) in [5, 5.41) is 3.04. The maximum absolute atomic E-state index is 13.5. The molecule has 0 radical (unpaired) electrons. The van der Waals surface area contributed by atoms with Crippen LogP contribution < -0.4 is 14.8 Å². The summed E-state index contributed by atoms with van der Waals surface area (Å²) in [7, 11) is -3.43. The summed E-state index contributed by atoms with van der Waals surface area (Å²) in [5.74, 6) is 0.0596. The Hall–Kier alpha value is -3.20. The van der Waals surface area contributed by atoms with Gasteiger partial charge in [-0.25, -0.2) is 18.4 Å². The molecule has 0 spiro atoms. The van der Waals surface area contributed by atoms with Gasteiger partial charge in [-0.05, 0) is 44.7 Å². The molecule has 1 saturated carbocycles. The lowest BCUT2D eigenvalue weighted by molar-refractivity contribution is -0.0185. The minimum atomic E-state index is -3.43. The third-order valence-electron chi connectivity index (χ3n) is 7.31. The number of pyridine rings is 1. The fraction of sp³-hybridized carbons (Fsp3) is 0.500. The van der Waals surface area contributed by atoms with Gasteiger partial charge in [0, 0.05) is 31.0 Å². The Morgan fingerprint density at radius 3 is 2.73 bits per heavy atom. The highest BCUT2D eigenvalue weighted by Gasteiger charge is 2.39. The van der Waals surface area contributed by atoms with Crippen molar-refractivity contribution < 1.29 is 22.7 Å². The van der Waals surface area contributed by atoms with Crippen molar-refractivity contribution in [2.45, 2.75) is 56.0 Å². The topological polar surface area (TPSA) is 149 Å². The first kappa shape index (κ1) is 27.0. The SMILES string of the molecule is CCOc1cncc(-c2cnc(C(=O)N[C@@H](CN3[C@@H]4CC[C@H]3COC4)c3cc(NS(=O)(=O)C4CC4)ccn3)s2)n1. The molecule has 1 aliphatic carbocycles. The van der Waals surface area contributed by atoms with E-state index < -0.39 is 16.1 Å². The number of nitrogens with zero attached hydrogens (tertiary/aromatic N) is 5. The van der Waals surface area contributed by atoms with Gasteiger partial charge in [0.25, 0.3) is 5.91 Å². The van der Waals surface area contributed by atoms with E-state index >= 15 is 0 Å². The van der Waals surface area contributed by atoms with E-state index in [-0.39, 0.29) is 28.2 Å². The first-order valence-electron chi connectivity index (χ1n) is 13.4. The molecule has 3 aromatic heterocycles. The number of aromatic nitrogens is 4. The predicted octanol–water partition coefficient (Wildman–Crippen LogP) is 2.63. The van der Waals surface area contributed by atoms with E-state index in [4.69, 9.17) is 9.47 Å². The van der Waals surface area contributed by atoms with Crippen molar-refractivity contribution in [3.63, 3.8) is 0 Å². The van der Waals surface area contributed by atoms with Gasteiger partial charge in [-0.15, -0.1) is 11.3 Å². The van der Waals surface area contributed by atoms with Gasteiger partial charge in [0.05, 0.1) is 59.8 Å². The number of sulfonamides is 1. The molecule has 5 heterocycles. The highest BCUT2D eigenvalue weighted by Crippen LogP contribution is 2.33. The second kappa shape index (κ2) is 11.4. The molecule has 1 amide bonds. The third kappa shape index (κ3) is 5.94. The number of carbonyl (C=O) groups is 1. The van der Waals surface area contributed by atoms with E-state index in [0.29, 0.717) is 67.0 Å². The lowest BCUT2D eigenvalue weighted by Gasteiger charge is -2.37. The molecule has 2 aliphatic heterocycles. The summed E-state index contributed by atoms with van der Waals surface area (Å²) in [6.07, 6.45) is 9.73. The van der Waals surface area contributed by atoms with Crippen LogP contribution in [0.5, 0.6) is 5.88 Å². The monoisotopic (exact) mass is 585 g/mol. The van der Waals surface area contributed by atoms with Crippen molar-refractivity contribution in [1.82, 2.24) is 30.2 Å². The van der Waals surface area contributed by atoms with E-state index in [2.05, 4.69) is 34.9 Å². The Morgan fingerprint density at radius 2 is 1.98 bits per heavy atom. The molecule has 3 aromatic rings. The quantitative estimate of drug-likeness (QED) is 0.344. The zero-order valence-corrected chi connectivity index (χ0v) is 23.7. The first-order valence-corrected chi connectivity index (χ1v) is 15.8. The Kier molecular flexibility index (Phi) is 7.66.